The number of fused-ring (bicyclic) bond motifs is 3. The van der Waals surface area contributed by atoms with E-state index in [2.05, 4.69) is 73.6 Å². The molecule has 1 amide bonds. The third-order valence-electron chi connectivity index (χ3n) is 7.25. The van der Waals surface area contributed by atoms with E-state index in [1.165, 1.54) is 5.56 Å². The number of ether oxygens (including phenoxy) is 1. The van der Waals surface area contributed by atoms with Crippen LogP contribution in [0, 0.1) is 17.8 Å². The fraction of sp³-hybridized carbons (Fsp3) is 0.414. The predicted molar refractivity (Wildman–Crippen MR) is 144 cm³/mol. The fourth-order valence-electron chi connectivity index (χ4n) is 5.28. The number of nitrogens with one attached hydrogen (secondary N) is 2. The number of hydrogen-bond acceptors (Lipinski definition) is 7. The van der Waals surface area contributed by atoms with Crippen LogP contribution in [0.4, 0.5) is 11.6 Å². The maximum atomic E-state index is 12.2. The Morgan fingerprint density at radius 1 is 1.03 bits per heavy atom. The highest BCUT2D eigenvalue weighted by Gasteiger charge is 2.33. The first-order valence-electron chi connectivity index (χ1n) is 13.0. The van der Waals surface area contributed by atoms with Crippen molar-refractivity contribution in [1.82, 2.24) is 19.8 Å². The van der Waals surface area contributed by atoms with Gasteiger partial charge < -0.3 is 20.3 Å². The number of hydrogen-bond donors (Lipinski definition) is 2. The molecule has 3 aromatic rings. The number of aromatic nitrogens is 2. The second kappa shape index (κ2) is 10.1. The molecule has 1 saturated carbocycles. The zero-order chi connectivity index (χ0) is 25.4. The highest BCUT2D eigenvalue weighted by molar-refractivity contribution is 5.99. The molecule has 3 aliphatic rings. The third kappa shape index (κ3) is 5.44. The molecule has 0 radical (unpaired) electrons. The van der Waals surface area contributed by atoms with Gasteiger partial charge in [0.05, 0.1) is 17.8 Å². The molecule has 2 aliphatic heterocycles. The van der Waals surface area contributed by atoms with E-state index in [1.807, 2.05) is 13.1 Å². The first-order valence-corrected chi connectivity index (χ1v) is 13.0. The summed E-state index contributed by atoms with van der Waals surface area (Å²) in [5.74, 6) is 8.02. The third-order valence-corrected chi connectivity index (χ3v) is 7.25. The lowest BCUT2D eigenvalue weighted by atomic mass is 10.1. The van der Waals surface area contributed by atoms with Gasteiger partial charge in [-0.05, 0) is 43.7 Å². The second-order valence-corrected chi connectivity index (χ2v) is 10.4. The lowest BCUT2D eigenvalue weighted by molar-refractivity contribution is -0.135. The minimum atomic E-state index is 0.0371. The molecule has 2 bridgehead atoms. The summed E-state index contributed by atoms with van der Waals surface area (Å²) in [5.41, 5.74) is 3.03. The van der Waals surface area contributed by atoms with Gasteiger partial charge in [-0.1, -0.05) is 24.0 Å². The highest BCUT2D eigenvalue weighted by Crippen LogP contribution is 2.31. The monoisotopic (exact) mass is 496 g/mol. The summed E-state index contributed by atoms with van der Waals surface area (Å²) in [5, 5.41) is 7.83. The Labute approximate surface area is 217 Å². The lowest BCUT2D eigenvalue weighted by Crippen LogP contribution is -2.58. The van der Waals surface area contributed by atoms with E-state index in [4.69, 9.17) is 4.74 Å². The Morgan fingerprint density at radius 2 is 1.78 bits per heavy atom. The second-order valence-electron chi connectivity index (χ2n) is 10.4. The van der Waals surface area contributed by atoms with Gasteiger partial charge in [-0.3, -0.25) is 9.69 Å². The quantitative estimate of drug-likeness (QED) is 0.526. The molecule has 2 saturated heterocycles. The molecule has 2 N–H and O–H groups in total. The predicted octanol–water partition coefficient (Wildman–Crippen LogP) is 2.93. The summed E-state index contributed by atoms with van der Waals surface area (Å²) >= 11 is 0. The van der Waals surface area contributed by atoms with Gasteiger partial charge in [-0.2, -0.15) is 0 Å². The van der Waals surface area contributed by atoms with Crippen molar-refractivity contribution in [2.45, 2.75) is 31.6 Å². The van der Waals surface area contributed by atoms with Crippen LogP contribution >= 0.6 is 0 Å². The van der Waals surface area contributed by atoms with Crippen LogP contribution in [-0.2, 0) is 16.1 Å². The van der Waals surface area contributed by atoms with Gasteiger partial charge >= 0.3 is 0 Å². The van der Waals surface area contributed by atoms with E-state index in [9.17, 15) is 4.79 Å². The average molecular weight is 497 g/mol. The number of rotatable bonds is 5. The summed E-state index contributed by atoms with van der Waals surface area (Å²) in [6.07, 6.45) is 6.03. The number of anilines is 2. The zero-order valence-corrected chi connectivity index (χ0v) is 21.3. The van der Waals surface area contributed by atoms with Crippen molar-refractivity contribution >= 4 is 28.3 Å². The van der Waals surface area contributed by atoms with Crippen molar-refractivity contribution in [1.29, 1.82) is 0 Å². The van der Waals surface area contributed by atoms with Crippen LogP contribution in [0.15, 0.2) is 42.7 Å². The number of amides is 1. The average Bonchev–Trinajstić information content (AvgIpc) is 3.73. The summed E-state index contributed by atoms with van der Waals surface area (Å²) in [4.78, 5) is 26.0. The van der Waals surface area contributed by atoms with E-state index in [0.717, 1.165) is 73.3 Å². The molecule has 6 rings (SSSR count). The molecule has 1 aromatic carbocycles. The topological polar surface area (TPSA) is 82.6 Å². The van der Waals surface area contributed by atoms with E-state index in [-0.39, 0.29) is 11.8 Å². The number of pyridine rings is 2. The van der Waals surface area contributed by atoms with Crippen molar-refractivity contribution in [3.05, 3.63) is 59.4 Å². The van der Waals surface area contributed by atoms with Crippen LogP contribution in [0.2, 0.25) is 0 Å². The Bertz CT molecular complexity index is 1360. The van der Waals surface area contributed by atoms with E-state index >= 15 is 0 Å². The molecule has 2 aromatic heterocycles. The molecule has 190 valence electrons. The van der Waals surface area contributed by atoms with Crippen molar-refractivity contribution < 1.29 is 9.53 Å². The van der Waals surface area contributed by atoms with E-state index in [1.54, 1.807) is 12.4 Å². The Hall–Kier alpha value is -3.51. The highest BCUT2D eigenvalue weighted by atomic mass is 16.5. The summed E-state index contributed by atoms with van der Waals surface area (Å²) < 4.78 is 6.10. The minimum Gasteiger partial charge on any atom is -0.373 e. The molecule has 37 heavy (non-hydrogen) atoms. The number of carbonyl (C=O) groups is 1. The molecule has 1 aliphatic carbocycles. The number of benzene rings is 1. The maximum Gasteiger partial charge on any atom is 0.228 e. The van der Waals surface area contributed by atoms with Crippen molar-refractivity contribution in [3.63, 3.8) is 0 Å². The molecular formula is C29H32N6O2. The van der Waals surface area contributed by atoms with Gasteiger partial charge in [-0.15, -0.1) is 0 Å². The van der Waals surface area contributed by atoms with Gasteiger partial charge in [0.25, 0.3) is 0 Å². The maximum absolute atomic E-state index is 12.2. The number of carbonyl (C=O) groups excluding carboxylic acids is 1. The Kier molecular flexibility index (Phi) is 6.51. The van der Waals surface area contributed by atoms with E-state index < -0.39 is 0 Å². The van der Waals surface area contributed by atoms with Crippen LogP contribution in [-0.4, -0.2) is 78.2 Å². The standard InChI is InChI=1S/C29H32N6O2/c1-30-28-26-13-31-27(33-29(36)21-9-10-21)11-25(26)22(12-32-28)8-7-19-3-5-20(6-4-19)14-35-17-23-15-34(2)16-24(18-35)37-23/h3-6,11-13,21,23-24H,9-10,14-18H2,1-2H3,(H,30,32)(H,31,33,36). The Morgan fingerprint density at radius 3 is 2.49 bits per heavy atom. The molecule has 3 fully saturated rings. The van der Waals surface area contributed by atoms with Gasteiger partial charge in [0.15, 0.2) is 0 Å². The smallest absolute Gasteiger partial charge is 0.228 e. The minimum absolute atomic E-state index is 0.0371. The van der Waals surface area contributed by atoms with Crippen LogP contribution in [0.25, 0.3) is 10.8 Å². The van der Waals surface area contributed by atoms with Gasteiger partial charge in [0, 0.05) is 74.4 Å². The molecule has 4 heterocycles. The summed E-state index contributed by atoms with van der Waals surface area (Å²) in [7, 11) is 4.01. The van der Waals surface area contributed by atoms with Crippen molar-refractivity contribution in [3.8, 4) is 11.8 Å². The first kappa shape index (κ1) is 23.9. The summed E-state index contributed by atoms with van der Waals surface area (Å²) in [6, 6.07) is 10.4. The van der Waals surface area contributed by atoms with Crippen LogP contribution < -0.4 is 10.6 Å². The Balaban J connectivity index is 1.18. The lowest BCUT2D eigenvalue weighted by Gasteiger charge is -2.44. The molecule has 0 spiro atoms. The molecule has 2 unspecified atom stereocenters. The number of likely N-dealkylation sites (N-methyl/N-ethyl adjacent to an activating group) is 1. The zero-order valence-electron chi connectivity index (χ0n) is 21.3. The van der Waals surface area contributed by atoms with Crippen LogP contribution in [0.3, 0.4) is 0 Å². The number of morpholine rings is 2. The largest absolute Gasteiger partial charge is 0.373 e. The van der Waals surface area contributed by atoms with Crippen molar-refractivity contribution in [2.24, 2.45) is 5.92 Å². The van der Waals surface area contributed by atoms with E-state index in [0.29, 0.717) is 18.0 Å². The molecule has 2 atom stereocenters. The fourth-order valence-corrected chi connectivity index (χ4v) is 5.28. The van der Waals surface area contributed by atoms with Gasteiger partial charge in [0.2, 0.25) is 5.91 Å². The van der Waals surface area contributed by atoms with Gasteiger partial charge in [0.1, 0.15) is 11.6 Å². The van der Waals surface area contributed by atoms with Crippen LogP contribution in [0.1, 0.15) is 29.5 Å². The number of nitrogens with zero attached hydrogens (tertiary/aromatic N) is 4. The van der Waals surface area contributed by atoms with Crippen LogP contribution in [0.5, 0.6) is 0 Å². The van der Waals surface area contributed by atoms with Gasteiger partial charge in [-0.25, -0.2) is 9.97 Å². The SMILES string of the molecule is CNc1ncc(C#Cc2ccc(CN3CC4CN(C)CC(C3)O4)cc2)c2cc(NC(=O)C3CC3)ncc12. The summed E-state index contributed by atoms with van der Waals surface area (Å²) in [6.45, 7) is 4.89. The molecule has 8 nitrogen and oxygen atoms in total. The normalized spacial score (nSPS) is 21.8. The van der Waals surface area contributed by atoms with Crippen molar-refractivity contribution in [2.75, 3.05) is 50.9 Å². The molecule has 8 heteroatoms. The molecular weight excluding hydrogens is 464 g/mol. The first-order chi connectivity index (χ1) is 18.0.